The molecule has 1 heterocycles. The van der Waals surface area contributed by atoms with Crippen LogP contribution in [0.2, 0.25) is 0 Å². The minimum Gasteiger partial charge on any atom is -0.308 e. The Labute approximate surface area is 101 Å². The third-order valence-electron chi connectivity index (χ3n) is 3.36. The molecule has 0 aromatic carbocycles. The molecule has 1 aliphatic heterocycles. The second-order valence-corrected chi connectivity index (χ2v) is 6.69. The van der Waals surface area contributed by atoms with E-state index in [-0.39, 0.29) is 5.54 Å². The molecule has 1 aliphatic rings. The van der Waals surface area contributed by atoms with Gasteiger partial charge in [-0.2, -0.15) is 0 Å². The first kappa shape index (κ1) is 13.7. The van der Waals surface area contributed by atoms with Crippen molar-refractivity contribution in [1.82, 2.24) is 10.2 Å². The quantitative estimate of drug-likeness (QED) is 0.739. The molecule has 0 aliphatic carbocycles. The highest BCUT2D eigenvalue weighted by Gasteiger charge is 2.31. The first-order valence-corrected chi connectivity index (χ1v) is 6.37. The standard InChI is InChI=1S/C14H28N2/c1-12(10-15-13(2,3)4)11-16-9-7-8-14(16,5)6/h15H,1,7-11H2,2-6H3. The average Bonchev–Trinajstić information content (AvgIpc) is 2.42. The summed E-state index contributed by atoms with van der Waals surface area (Å²) in [5.41, 5.74) is 1.85. The van der Waals surface area contributed by atoms with Gasteiger partial charge in [-0.05, 0) is 59.6 Å². The van der Waals surface area contributed by atoms with Crippen LogP contribution < -0.4 is 5.32 Å². The molecule has 0 aromatic rings. The van der Waals surface area contributed by atoms with E-state index in [1.807, 2.05) is 0 Å². The SMILES string of the molecule is C=C(CNC(C)(C)C)CN1CCCC1(C)C. The van der Waals surface area contributed by atoms with E-state index in [1.165, 1.54) is 25.0 Å². The second-order valence-electron chi connectivity index (χ2n) is 6.69. The van der Waals surface area contributed by atoms with Crippen LogP contribution in [0.15, 0.2) is 12.2 Å². The Balaban J connectivity index is 2.35. The molecule has 0 saturated carbocycles. The number of likely N-dealkylation sites (tertiary alicyclic amines) is 1. The van der Waals surface area contributed by atoms with Crippen molar-refractivity contribution >= 4 is 0 Å². The Morgan fingerprint density at radius 2 is 2.00 bits per heavy atom. The highest BCUT2D eigenvalue weighted by Crippen LogP contribution is 2.28. The molecule has 1 fully saturated rings. The monoisotopic (exact) mass is 224 g/mol. The Kier molecular flexibility index (Phi) is 4.19. The van der Waals surface area contributed by atoms with Crippen LogP contribution in [-0.2, 0) is 0 Å². The molecular weight excluding hydrogens is 196 g/mol. The third kappa shape index (κ3) is 4.26. The van der Waals surface area contributed by atoms with E-state index in [9.17, 15) is 0 Å². The summed E-state index contributed by atoms with van der Waals surface area (Å²) < 4.78 is 0. The molecule has 2 heteroatoms. The molecule has 0 unspecified atom stereocenters. The Morgan fingerprint density at radius 3 is 2.44 bits per heavy atom. The lowest BCUT2D eigenvalue weighted by Crippen LogP contribution is -2.42. The van der Waals surface area contributed by atoms with E-state index in [0.717, 1.165) is 13.1 Å². The summed E-state index contributed by atoms with van der Waals surface area (Å²) in [4.78, 5) is 2.56. The van der Waals surface area contributed by atoms with Crippen molar-refractivity contribution in [3.05, 3.63) is 12.2 Å². The van der Waals surface area contributed by atoms with Crippen LogP contribution in [0.1, 0.15) is 47.5 Å². The molecule has 0 radical (unpaired) electrons. The van der Waals surface area contributed by atoms with E-state index < -0.39 is 0 Å². The van der Waals surface area contributed by atoms with Crippen molar-refractivity contribution in [2.45, 2.75) is 58.5 Å². The van der Waals surface area contributed by atoms with Gasteiger partial charge in [-0.25, -0.2) is 0 Å². The molecule has 2 nitrogen and oxygen atoms in total. The maximum absolute atomic E-state index is 4.18. The average molecular weight is 224 g/mol. The number of hydrogen-bond donors (Lipinski definition) is 1. The van der Waals surface area contributed by atoms with Crippen molar-refractivity contribution in [3.8, 4) is 0 Å². The summed E-state index contributed by atoms with van der Waals surface area (Å²) in [6.45, 7) is 18.6. The minimum absolute atomic E-state index is 0.184. The van der Waals surface area contributed by atoms with Gasteiger partial charge in [-0.15, -0.1) is 0 Å². The zero-order chi connectivity index (χ0) is 12.4. The van der Waals surface area contributed by atoms with Crippen LogP contribution in [-0.4, -0.2) is 35.6 Å². The smallest absolute Gasteiger partial charge is 0.0208 e. The van der Waals surface area contributed by atoms with E-state index >= 15 is 0 Å². The maximum Gasteiger partial charge on any atom is 0.0208 e. The fourth-order valence-corrected chi connectivity index (χ4v) is 2.17. The second kappa shape index (κ2) is 4.89. The zero-order valence-corrected chi connectivity index (χ0v) is 11.7. The van der Waals surface area contributed by atoms with Gasteiger partial charge in [-0.1, -0.05) is 6.58 Å². The summed E-state index contributed by atoms with van der Waals surface area (Å²) in [7, 11) is 0. The maximum atomic E-state index is 4.18. The van der Waals surface area contributed by atoms with Gasteiger partial charge in [0.25, 0.3) is 0 Å². The molecule has 0 bridgehead atoms. The minimum atomic E-state index is 0.184. The predicted octanol–water partition coefficient (Wildman–Crippen LogP) is 2.81. The van der Waals surface area contributed by atoms with E-state index in [2.05, 4.69) is 51.4 Å². The lowest BCUT2D eigenvalue weighted by molar-refractivity contribution is 0.189. The molecule has 0 amide bonds. The van der Waals surface area contributed by atoms with Crippen LogP contribution in [0.4, 0.5) is 0 Å². The molecular formula is C14H28N2. The summed E-state index contributed by atoms with van der Waals surface area (Å²) >= 11 is 0. The zero-order valence-electron chi connectivity index (χ0n) is 11.7. The summed E-state index contributed by atoms with van der Waals surface area (Å²) in [5, 5.41) is 3.50. The molecule has 94 valence electrons. The van der Waals surface area contributed by atoms with Crippen molar-refractivity contribution in [3.63, 3.8) is 0 Å². The molecule has 0 aromatic heterocycles. The topological polar surface area (TPSA) is 15.3 Å². The van der Waals surface area contributed by atoms with Crippen molar-refractivity contribution in [2.75, 3.05) is 19.6 Å². The molecule has 0 spiro atoms. The van der Waals surface area contributed by atoms with Gasteiger partial charge in [-0.3, -0.25) is 4.90 Å². The highest BCUT2D eigenvalue weighted by molar-refractivity contribution is 5.04. The van der Waals surface area contributed by atoms with Crippen LogP contribution in [0, 0.1) is 0 Å². The van der Waals surface area contributed by atoms with E-state index in [0.29, 0.717) is 5.54 Å². The van der Waals surface area contributed by atoms with Gasteiger partial charge < -0.3 is 5.32 Å². The summed E-state index contributed by atoms with van der Waals surface area (Å²) in [6.07, 6.45) is 2.64. The number of nitrogens with zero attached hydrogens (tertiary/aromatic N) is 1. The molecule has 1 N–H and O–H groups in total. The van der Waals surface area contributed by atoms with Crippen LogP contribution in [0.3, 0.4) is 0 Å². The van der Waals surface area contributed by atoms with Crippen molar-refractivity contribution in [1.29, 1.82) is 0 Å². The summed E-state index contributed by atoms with van der Waals surface area (Å²) in [5.74, 6) is 0. The Morgan fingerprint density at radius 1 is 1.38 bits per heavy atom. The van der Waals surface area contributed by atoms with Gasteiger partial charge in [0.1, 0.15) is 0 Å². The number of hydrogen-bond acceptors (Lipinski definition) is 2. The van der Waals surface area contributed by atoms with Gasteiger partial charge in [0.15, 0.2) is 0 Å². The molecule has 1 rings (SSSR count). The molecule has 1 saturated heterocycles. The Bertz CT molecular complexity index is 248. The van der Waals surface area contributed by atoms with Crippen molar-refractivity contribution < 1.29 is 0 Å². The normalized spacial score (nSPS) is 21.3. The number of nitrogens with one attached hydrogen (secondary N) is 1. The lowest BCUT2D eigenvalue weighted by atomic mass is 10.0. The van der Waals surface area contributed by atoms with Gasteiger partial charge >= 0.3 is 0 Å². The van der Waals surface area contributed by atoms with Crippen LogP contribution in [0.25, 0.3) is 0 Å². The van der Waals surface area contributed by atoms with Crippen LogP contribution >= 0.6 is 0 Å². The molecule has 0 atom stereocenters. The fourth-order valence-electron chi connectivity index (χ4n) is 2.17. The number of rotatable bonds is 4. The van der Waals surface area contributed by atoms with E-state index in [4.69, 9.17) is 0 Å². The van der Waals surface area contributed by atoms with Crippen LogP contribution in [0.5, 0.6) is 0 Å². The first-order valence-electron chi connectivity index (χ1n) is 6.37. The van der Waals surface area contributed by atoms with Gasteiger partial charge in [0.05, 0.1) is 0 Å². The third-order valence-corrected chi connectivity index (χ3v) is 3.36. The Hall–Kier alpha value is -0.340. The fraction of sp³-hybridized carbons (Fsp3) is 0.857. The van der Waals surface area contributed by atoms with Crippen molar-refractivity contribution in [2.24, 2.45) is 0 Å². The first-order chi connectivity index (χ1) is 7.21. The van der Waals surface area contributed by atoms with Gasteiger partial charge in [0.2, 0.25) is 0 Å². The summed E-state index contributed by atoms with van der Waals surface area (Å²) in [6, 6.07) is 0. The molecule has 16 heavy (non-hydrogen) atoms. The largest absolute Gasteiger partial charge is 0.308 e. The van der Waals surface area contributed by atoms with E-state index in [1.54, 1.807) is 0 Å². The van der Waals surface area contributed by atoms with Gasteiger partial charge in [0, 0.05) is 24.2 Å². The lowest BCUT2D eigenvalue weighted by Gasteiger charge is -2.32. The predicted molar refractivity (Wildman–Crippen MR) is 71.8 cm³/mol. The highest BCUT2D eigenvalue weighted by atomic mass is 15.2.